The predicted molar refractivity (Wildman–Crippen MR) is 85.4 cm³/mol. The summed E-state index contributed by atoms with van der Waals surface area (Å²) in [6.07, 6.45) is -0.800. The predicted octanol–water partition coefficient (Wildman–Crippen LogP) is 1.33. The molecule has 2 aliphatic rings. The molecule has 3 rings (SSSR count). The van der Waals surface area contributed by atoms with Gasteiger partial charge in [-0.1, -0.05) is 23.5 Å². The number of aryl methyl sites for hydroxylation is 1. The maximum Gasteiger partial charge on any atom is 0.354 e. The van der Waals surface area contributed by atoms with Crippen LogP contribution in [0.1, 0.15) is 12.8 Å². The number of nitrogens with zero attached hydrogens (tertiary/aromatic N) is 3. The molecule has 8 nitrogen and oxygen atoms in total. The van der Waals surface area contributed by atoms with E-state index in [2.05, 4.69) is 10.2 Å². The Morgan fingerprint density at radius 2 is 2.22 bits per heavy atom. The molecule has 0 aliphatic carbocycles. The average Bonchev–Trinajstić information content (AvgIpc) is 3.00. The highest BCUT2D eigenvalue weighted by molar-refractivity contribution is 8.27. The SMILES string of the molecule is Cc1nnc(SCSC2=C(C(=O)O)N3C(=O)[C@H]([C@@H](C)O)[C@H]3S2)o1. The van der Waals surface area contributed by atoms with Crippen molar-refractivity contribution < 1.29 is 24.2 Å². The van der Waals surface area contributed by atoms with Gasteiger partial charge in [-0.05, 0) is 6.92 Å². The Morgan fingerprint density at radius 3 is 2.78 bits per heavy atom. The van der Waals surface area contributed by atoms with Gasteiger partial charge < -0.3 is 14.6 Å². The summed E-state index contributed by atoms with van der Waals surface area (Å²) in [6, 6.07) is 0. The first kappa shape index (κ1) is 16.7. The number of aliphatic hydroxyl groups excluding tert-OH is 1. The van der Waals surface area contributed by atoms with Gasteiger partial charge in [0.05, 0.1) is 21.3 Å². The van der Waals surface area contributed by atoms with E-state index in [0.29, 0.717) is 20.4 Å². The zero-order chi connectivity index (χ0) is 16.7. The standard InChI is InChI=1S/C12H13N3O5S3/c1-4(16)6-8(17)15-7(10(18)19)11(23-9(6)15)21-3-22-12-14-13-5(2)20-12/h4,6,9,16H,3H2,1-2H3,(H,18,19)/t4-,6+,9-/m1/s1. The number of hydrogen-bond acceptors (Lipinski definition) is 9. The third kappa shape index (κ3) is 2.97. The first-order valence-electron chi connectivity index (χ1n) is 6.61. The smallest absolute Gasteiger partial charge is 0.354 e. The van der Waals surface area contributed by atoms with E-state index in [4.69, 9.17) is 4.42 Å². The Labute approximate surface area is 144 Å². The number of carbonyl (C=O) groups excluding carboxylic acids is 1. The van der Waals surface area contributed by atoms with Gasteiger partial charge in [-0.25, -0.2) is 4.79 Å². The molecule has 0 saturated carbocycles. The number of amides is 1. The number of hydrogen-bond donors (Lipinski definition) is 2. The quantitative estimate of drug-likeness (QED) is 0.428. The first-order chi connectivity index (χ1) is 10.9. The van der Waals surface area contributed by atoms with Crippen molar-refractivity contribution in [2.75, 3.05) is 5.08 Å². The summed E-state index contributed by atoms with van der Waals surface area (Å²) < 4.78 is 5.79. The first-order valence-corrected chi connectivity index (χ1v) is 9.46. The minimum absolute atomic E-state index is 0.00536. The number of rotatable bonds is 6. The second-order valence-corrected chi connectivity index (χ2v) is 8.58. The van der Waals surface area contributed by atoms with Gasteiger partial charge in [0.1, 0.15) is 5.37 Å². The van der Waals surface area contributed by atoms with Crippen LogP contribution < -0.4 is 0 Å². The molecule has 3 heterocycles. The van der Waals surface area contributed by atoms with Crippen LogP contribution in [0, 0.1) is 12.8 Å². The van der Waals surface area contributed by atoms with Crippen LogP contribution in [0.15, 0.2) is 19.6 Å². The van der Waals surface area contributed by atoms with Gasteiger partial charge in [0.2, 0.25) is 11.8 Å². The van der Waals surface area contributed by atoms with E-state index >= 15 is 0 Å². The van der Waals surface area contributed by atoms with Gasteiger partial charge in [-0.15, -0.1) is 22.0 Å². The van der Waals surface area contributed by atoms with Crippen LogP contribution in [0.3, 0.4) is 0 Å². The van der Waals surface area contributed by atoms with Crippen molar-refractivity contribution in [1.29, 1.82) is 0 Å². The number of carboxylic acids is 1. The molecule has 3 atom stereocenters. The number of aliphatic hydroxyl groups is 1. The number of carbonyl (C=O) groups is 2. The van der Waals surface area contributed by atoms with Crippen LogP contribution in [0.5, 0.6) is 0 Å². The lowest BCUT2D eigenvalue weighted by Crippen LogP contribution is -2.60. The molecule has 0 aromatic carbocycles. The fourth-order valence-electron chi connectivity index (χ4n) is 2.32. The van der Waals surface area contributed by atoms with E-state index in [1.807, 2.05) is 0 Å². The lowest BCUT2D eigenvalue weighted by Gasteiger charge is -2.43. The molecule has 0 spiro atoms. The number of carboxylic acid groups (broad SMARTS) is 1. The molecule has 1 fully saturated rings. The van der Waals surface area contributed by atoms with E-state index in [1.165, 1.54) is 40.2 Å². The van der Waals surface area contributed by atoms with Crippen LogP contribution >= 0.6 is 35.3 Å². The molecule has 0 bridgehead atoms. The minimum Gasteiger partial charge on any atom is -0.477 e. The van der Waals surface area contributed by atoms with Crippen LogP contribution in [-0.2, 0) is 9.59 Å². The number of fused-ring (bicyclic) bond motifs is 1. The zero-order valence-electron chi connectivity index (χ0n) is 12.1. The molecule has 1 aromatic heterocycles. The monoisotopic (exact) mass is 375 g/mol. The third-order valence-electron chi connectivity index (χ3n) is 3.35. The molecule has 2 N–H and O–H groups in total. The molecule has 1 aromatic rings. The molecular weight excluding hydrogens is 362 g/mol. The number of β-lactam (4-membered cyclic amide) rings is 1. The molecule has 0 unspecified atom stereocenters. The average molecular weight is 375 g/mol. The molecule has 11 heteroatoms. The number of thioether (sulfide) groups is 3. The summed E-state index contributed by atoms with van der Waals surface area (Å²) in [7, 11) is 0. The molecule has 1 saturated heterocycles. The second-order valence-electron chi connectivity index (χ2n) is 4.92. The van der Waals surface area contributed by atoms with Crippen molar-refractivity contribution in [3.63, 3.8) is 0 Å². The van der Waals surface area contributed by atoms with Crippen LogP contribution in [0.2, 0.25) is 0 Å². The number of aliphatic carboxylic acids is 1. The summed E-state index contributed by atoms with van der Waals surface area (Å²) >= 11 is 3.92. The summed E-state index contributed by atoms with van der Waals surface area (Å²) in [4.78, 5) is 24.8. The summed E-state index contributed by atoms with van der Waals surface area (Å²) in [5.41, 5.74) is -0.00536. The van der Waals surface area contributed by atoms with E-state index in [-0.39, 0.29) is 17.0 Å². The Balaban J connectivity index is 1.68. The van der Waals surface area contributed by atoms with Crippen LogP contribution in [0.4, 0.5) is 0 Å². The van der Waals surface area contributed by atoms with Gasteiger partial charge in [0, 0.05) is 6.92 Å². The van der Waals surface area contributed by atoms with Crippen molar-refractivity contribution in [2.45, 2.75) is 30.5 Å². The largest absolute Gasteiger partial charge is 0.477 e. The molecule has 2 aliphatic heterocycles. The third-order valence-corrected chi connectivity index (χ3v) is 6.95. The van der Waals surface area contributed by atoms with Crippen molar-refractivity contribution in [3.05, 3.63) is 15.8 Å². The Morgan fingerprint density at radius 1 is 1.48 bits per heavy atom. The van der Waals surface area contributed by atoms with Gasteiger partial charge in [0.15, 0.2) is 5.70 Å². The highest BCUT2D eigenvalue weighted by atomic mass is 32.2. The van der Waals surface area contributed by atoms with Crippen molar-refractivity contribution in [1.82, 2.24) is 15.1 Å². The van der Waals surface area contributed by atoms with Crippen molar-refractivity contribution in [2.24, 2.45) is 5.92 Å². The fourth-order valence-corrected chi connectivity index (χ4v) is 6.31. The Bertz CT molecular complexity index is 689. The van der Waals surface area contributed by atoms with E-state index < -0.39 is 18.0 Å². The molecule has 124 valence electrons. The minimum atomic E-state index is -1.14. The maximum absolute atomic E-state index is 12.1. The van der Waals surface area contributed by atoms with E-state index in [9.17, 15) is 19.8 Å². The van der Waals surface area contributed by atoms with Gasteiger partial charge in [0.25, 0.3) is 5.22 Å². The molecule has 1 amide bonds. The topological polar surface area (TPSA) is 117 Å². The summed E-state index contributed by atoms with van der Waals surface area (Å²) in [5.74, 6) is -1.57. The van der Waals surface area contributed by atoms with E-state index in [0.717, 1.165) is 0 Å². The normalized spacial score (nSPS) is 24.7. The van der Waals surface area contributed by atoms with Gasteiger partial charge >= 0.3 is 5.97 Å². The van der Waals surface area contributed by atoms with Gasteiger partial charge in [-0.3, -0.25) is 9.69 Å². The van der Waals surface area contributed by atoms with Crippen molar-refractivity contribution >= 4 is 47.2 Å². The van der Waals surface area contributed by atoms with Crippen LogP contribution in [0.25, 0.3) is 0 Å². The second kappa shape index (κ2) is 6.38. The van der Waals surface area contributed by atoms with E-state index in [1.54, 1.807) is 13.8 Å². The fraction of sp³-hybridized carbons (Fsp3) is 0.500. The van der Waals surface area contributed by atoms with Crippen LogP contribution in [-0.4, -0.2) is 53.7 Å². The summed E-state index contributed by atoms with van der Waals surface area (Å²) in [5, 5.41) is 27.2. The lowest BCUT2D eigenvalue weighted by molar-refractivity contribution is -0.156. The van der Waals surface area contributed by atoms with Crippen molar-refractivity contribution in [3.8, 4) is 0 Å². The maximum atomic E-state index is 12.1. The zero-order valence-corrected chi connectivity index (χ0v) is 14.6. The summed E-state index contributed by atoms with van der Waals surface area (Å²) in [6.45, 7) is 3.23. The molecule has 23 heavy (non-hydrogen) atoms. The highest BCUT2D eigenvalue weighted by Gasteiger charge is 2.57. The van der Waals surface area contributed by atoms with Gasteiger partial charge in [-0.2, -0.15) is 0 Å². The molecule has 0 radical (unpaired) electrons. The molecular formula is C12H13N3O5S3. The Kier molecular flexibility index (Phi) is 4.63. The number of aromatic nitrogens is 2. The lowest BCUT2D eigenvalue weighted by atomic mass is 9.92. The highest BCUT2D eigenvalue weighted by Crippen LogP contribution is 2.54. The Hall–Kier alpha value is -1.17.